The van der Waals surface area contributed by atoms with Gasteiger partial charge in [0.2, 0.25) is 0 Å². The van der Waals surface area contributed by atoms with Gasteiger partial charge in [0.05, 0.1) is 20.8 Å². The fraction of sp³-hybridized carbons (Fsp3) is 0.150. The molecule has 2 aromatic carbocycles. The fourth-order valence-electron chi connectivity index (χ4n) is 2.69. The van der Waals surface area contributed by atoms with Crippen molar-refractivity contribution in [3.63, 3.8) is 0 Å². The van der Waals surface area contributed by atoms with E-state index < -0.39 is 0 Å². The lowest BCUT2D eigenvalue weighted by molar-refractivity contribution is 0.410. The molecule has 0 radical (unpaired) electrons. The predicted molar refractivity (Wildman–Crippen MR) is 108 cm³/mol. The third-order valence-corrected chi connectivity index (χ3v) is 4.93. The van der Waals surface area contributed by atoms with Crippen LogP contribution in [0, 0.1) is 3.57 Å². The molecule has 128 valence electrons. The maximum atomic E-state index is 12.7. The number of nitrogens with zero attached hydrogens (tertiary/aromatic N) is 1. The van der Waals surface area contributed by atoms with Crippen LogP contribution in [-0.2, 0) is 6.54 Å². The molecule has 0 bridgehead atoms. The third-order valence-electron chi connectivity index (χ3n) is 3.98. The van der Waals surface area contributed by atoms with Crippen molar-refractivity contribution in [3.05, 3.63) is 80.3 Å². The highest BCUT2D eigenvalue weighted by Crippen LogP contribution is 2.33. The molecule has 0 aliphatic carbocycles. The number of hydrogen-bond donors (Lipinski definition) is 0. The zero-order valence-corrected chi connectivity index (χ0v) is 16.2. The second kappa shape index (κ2) is 7.74. The van der Waals surface area contributed by atoms with E-state index in [9.17, 15) is 4.79 Å². The number of rotatable bonds is 5. The van der Waals surface area contributed by atoms with Crippen molar-refractivity contribution in [2.75, 3.05) is 14.2 Å². The summed E-state index contributed by atoms with van der Waals surface area (Å²) in [5, 5.41) is 0. The first-order valence-corrected chi connectivity index (χ1v) is 8.87. The van der Waals surface area contributed by atoms with E-state index in [0.29, 0.717) is 15.9 Å². The third kappa shape index (κ3) is 3.71. The van der Waals surface area contributed by atoms with Crippen molar-refractivity contribution >= 4 is 22.6 Å². The van der Waals surface area contributed by atoms with Crippen molar-refractivity contribution in [1.29, 1.82) is 0 Å². The Bertz CT molecular complexity index is 918. The number of hydrogen-bond acceptors (Lipinski definition) is 3. The summed E-state index contributed by atoms with van der Waals surface area (Å²) >= 11 is 2.06. The van der Waals surface area contributed by atoms with Crippen LogP contribution >= 0.6 is 22.6 Å². The van der Waals surface area contributed by atoms with E-state index in [1.54, 1.807) is 18.8 Å². The maximum Gasteiger partial charge on any atom is 0.268 e. The van der Waals surface area contributed by atoms with Gasteiger partial charge < -0.3 is 14.0 Å². The molecule has 0 saturated carbocycles. The molecule has 3 rings (SSSR count). The van der Waals surface area contributed by atoms with Gasteiger partial charge in [0.15, 0.2) is 0 Å². The number of halogens is 1. The first kappa shape index (κ1) is 17.5. The molecular weight excluding hydrogens is 429 g/mol. The van der Waals surface area contributed by atoms with Gasteiger partial charge in [-0.2, -0.15) is 0 Å². The van der Waals surface area contributed by atoms with Crippen molar-refractivity contribution in [1.82, 2.24) is 4.57 Å². The molecule has 0 amide bonds. The van der Waals surface area contributed by atoms with E-state index in [1.165, 1.54) is 0 Å². The lowest BCUT2D eigenvalue weighted by Crippen LogP contribution is -2.23. The van der Waals surface area contributed by atoms with E-state index in [0.717, 1.165) is 22.4 Å². The van der Waals surface area contributed by atoms with E-state index >= 15 is 0 Å². The summed E-state index contributed by atoms with van der Waals surface area (Å²) in [6, 6.07) is 17.6. The summed E-state index contributed by atoms with van der Waals surface area (Å²) in [5.41, 5.74) is 2.87. The molecule has 1 aromatic heterocycles. The van der Waals surface area contributed by atoms with Crippen LogP contribution in [0.4, 0.5) is 0 Å². The molecule has 4 nitrogen and oxygen atoms in total. The lowest BCUT2D eigenvalue weighted by Gasteiger charge is -2.15. The fourth-order valence-corrected chi connectivity index (χ4v) is 3.51. The summed E-state index contributed by atoms with van der Waals surface area (Å²) in [7, 11) is 3.23. The molecule has 0 spiro atoms. The van der Waals surface area contributed by atoms with Crippen LogP contribution in [0.1, 0.15) is 5.56 Å². The molecule has 0 saturated heterocycles. The topological polar surface area (TPSA) is 40.5 Å². The smallest absolute Gasteiger partial charge is 0.268 e. The predicted octanol–water partition coefficient (Wildman–Crippen LogP) is 4.19. The monoisotopic (exact) mass is 447 g/mol. The maximum absolute atomic E-state index is 12.7. The Balaban J connectivity index is 2.11. The van der Waals surface area contributed by atoms with Gasteiger partial charge in [0.1, 0.15) is 15.1 Å². The normalized spacial score (nSPS) is 10.5. The summed E-state index contributed by atoms with van der Waals surface area (Å²) in [6.45, 7) is 0.517. The van der Waals surface area contributed by atoms with Gasteiger partial charge in [0, 0.05) is 11.8 Å². The molecular formula is C20H18INO3. The van der Waals surface area contributed by atoms with Gasteiger partial charge >= 0.3 is 0 Å². The second-order valence-electron chi connectivity index (χ2n) is 5.54. The van der Waals surface area contributed by atoms with Crippen LogP contribution in [0.5, 0.6) is 11.5 Å². The van der Waals surface area contributed by atoms with Crippen LogP contribution in [-0.4, -0.2) is 18.8 Å². The summed E-state index contributed by atoms with van der Waals surface area (Å²) < 4.78 is 13.0. The molecule has 0 atom stereocenters. The van der Waals surface area contributed by atoms with E-state index in [-0.39, 0.29) is 5.56 Å². The minimum atomic E-state index is -0.0569. The Hall–Kier alpha value is -2.28. The van der Waals surface area contributed by atoms with Crippen LogP contribution in [0.15, 0.2) is 65.6 Å². The van der Waals surface area contributed by atoms with E-state index in [4.69, 9.17) is 9.47 Å². The molecule has 0 fully saturated rings. The highest BCUT2D eigenvalue weighted by Gasteiger charge is 2.16. The molecule has 25 heavy (non-hydrogen) atoms. The Labute approximate surface area is 160 Å². The molecule has 5 heteroatoms. The van der Waals surface area contributed by atoms with Crippen molar-refractivity contribution in [2.24, 2.45) is 0 Å². The van der Waals surface area contributed by atoms with Crippen molar-refractivity contribution in [3.8, 4) is 22.6 Å². The zero-order chi connectivity index (χ0) is 17.8. The van der Waals surface area contributed by atoms with E-state index in [1.807, 2.05) is 60.8 Å². The molecule has 1 heterocycles. The van der Waals surface area contributed by atoms with Crippen LogP contribution < -0.4 is 15.0 Å². The van der Waals surface area contributed by atoms with Crippen molar-refractivity contribution < 1.29 is 9.47 Å². The Kier molecular flexibility index (Phi) is 5.43. The summed E-state index contributed by atoms with van der Waals surface area (Å²) in [4.78, 5) is 12.7. The average Bonchev–Trinajstić information content (AvgIpc) is 2.66. The summed E-state index contributed by atoms with van der Waals surface area (Å²) in [6.07, 6.45) is 1.86. The van der Waals surface area contributed by atoms with Crippen LogP contribution in [0.2, 0.25) is 0 Å². The van der Waals surface area contributed by atoms with Gasteiger partial charge in [0.25, 0.3) is 5.56 Å². The number of pyridine rings is 1. The summed E-state index contributed by atoms with van der Waals surface area (Å²) in [5.74, 6) is 1.38. The molecule has 0 aliphatic heterocycles. The number of benzene rings is 2. The highest BCUT2D eigenvalue weighted by atomic mass is 127. The average molecular weight is 447 g/mol. The first-order chi connectivity index (χ1) is 12.1. The second-order valence-corrected chi connectivity index (χ2v) is 6.62. The van der Waals surface area contributed by atoms with Gasteiger partial charge in [-0.05, 0) is 45.9 Å². The molecule has 0 N–H and O–H groups in total. The Morgan fingerprint density at radius 1 is 0.960 bits per heavy atom. The van der Waals surface area contributed by atoms with Gasteiger partial charge in [-0.25, -0.2) is 0 Å². The molecule has 0 aliphatic rings. The molecule has 3 aromatic rings. The van der Waals surface area contributed by atoms with Gasteiger partial charge in [-0.15, -0.1) is 0 Å². The minimum absolute atomic E-state index is 0.0569. The quantitative estimate of drug-likeness (QED) is 0.551. The molecule has 0 unspecified atom stereocenters. The van der Waals surface area contributed by atoms with E-state index in [2.05, 4.69) is 22.6 Å². The minimum Gasteiger partial charge on any atom is -0.497 e. The number of ether oxygens (including phenoxy) is 2. The Morgan fingerprint density at radius 3 is 2.24 bits per heavy atom. The lowest BCUT2D eigenvalue weighted by atomic mass is 10.1. The number of aromatic nitrogens is 1. The van der Waals surface area contributed by atoms with Crippen LogP contribution in [0.3, 0.4) is 0 Å². The van der Waals surface area contributed by atoms with Gasteiger partial charge in [-0.1, -0.05) is 42.5 Å². The standard InChI is InChI=1S/C20H18INO3/c1-24-16-10-8-15(9-11-16)17-13-22(12-14-6-4-3-5-7-14)20(23)18(21)19(17)25-2/h3-11,13H,12H2,1-2H3. The number of methoxy groups -OCH3 is 2. The Morgan fingerprint density at radius 2 is 1.64 bits per heavy atom. The van der Waals surface area contributed by atoms with Crippen molar-refractivity contribution in [2.45, 2.75) is 6.54 Å². The zero-order valence-electron chi connectivity index (χ0n) is 14.0. The largest absolute Gasteiger partial charge is 0.497 e. The first-order valence-electron chi connectivity index (χ1n) is 7.79. The SMILES string of the molecule is COc1ccc(-c2cn(Cc3ccccc3)c(=O)c(I)c2OC)cc1. The van der Waals surface area contributed by atoms with Crippen LogP contribution in [0.25, 0.3) is 11.1 Å². The van der Waals surface area contributed by atoms with Gasteiger partial charge in [-0.3, -0.25) is 4.79 Å². The highest BCUT2D eigenvalue weighted by molar-refractivity contribution is 14.1.